The predicted octanol–water partition coefficient (Wildman–Crippen LogP) is 26.3. The lowest BCUT2D eigenvalue weighted by Gasteiger charge is -2.26. The van der Waals surface area contributed by atoms with Gasteiger partial charge in [-0.15, -0.1) is 0 Å². The number of aromatic nitrogens is 2. The number of fused-ring (bicyclic) bond motifs is 6. The summed E-state index contributed by atoms with van der Waals surface area (Å²) in [6.07, 6.45) is 51.7. The van der Waals surface area contributed by atoms with E-state index in [9.17, 15) is 0 Å². The zero-order valence-electron chi connectivity index (χ0n) is 64.1. The van der Waals surface area contributed by atoms with E-state index in [0.29, 0.717) is 94.8 Å². The predicted molar refractivity (Wildman–Crippen MR) is 438 cm³/mol. The molecule has 0 saturated heterocycles. The van der Waals surface area contributed by atoms with Crippen LogP contribution in [0.1, 0.15) is 324 Å². The first-order chi connectivity index (χ1) is 50.2. The highest BCUT2D eigenvalue weighted by molar-refractivity contribution is 6.54. The second kappa shape index (κ2) is 38.9. The van der Waals surface area contributed by atoms with Crippen LogP contribution >= 0.6 is 0 Å². The average molecular weight is 1390 g/mol. The van der Waals surface area contributed by atoms with Gasteiger partial charge in [0.25, 0.3) is 22.2 Å². The SMILES string of the molecule is CCCCCCCCCCCCCCCCCCn1c(=O)c2cc3c4cc(OCCCCC)c(OCCCCC)cc4c4cc5c(=O)n(CCCCCCCCCCCCCCCCCC)c(=O)c6cc7c8cc(OCCCCC)c(OCCCCC)cc8c8cc(c1=O)c2c1c3c4c(c56)c7c81. The second-order valence-corrected chi connectivity index (χ2v) is 30.9. The molecule has 0 unspecified atom stereocenters. The maximum absolute atomic E-state index is 15.8. The fourth-order valence-corrected chi connectivity index (χ4v) is 17.2. The molecule has 11 rings (SSSR count). The molecule has 0 aliphatic heterocycles. The third-order valence-corrected chi connectivity index (χ3v) is 23.0. The van der Waals surface area contributed by atoms with Crippen LogP contribution in [0.25, 0.3) is 108 Å². The van der Waals surface area contributed by atoms with Crippen LogP contribution in [-0.4, -0.2) is 35.6 Å². The lowest BCUT2D eigenvalue weighted by molar-refractivity contribution is 0.260. The Balaban J connectivity index is 1.05. The Morgan fingerprint density at radius 1 is 0.196 bits per heavy atom. The second-order valence-electron chi connectivity index (χ2n) is 30.9. The van der Waals surface area contributed by atoms with E-state index in [2.05, 4.69) is 90.1 Å². The van der Waals surface area contributed by atoms with Crippen LogP contribution < -0.4 is 41.2 Å². The molecule has 102 heavy (non-hydrogen) atoms. The number of unbranched alkanes of at least 4 members (excludes halogenated alkanes) is 38. The largest absolute Gasteiger partial charge is 0.490 e. The van der Waals surface area contributed by atoms with Gasteiger partial charge in [0, 0.05) is 56.2 Å². The van der Waals surface area contributed by atoms with E-state index in [1.165, 1.54) is 154 Å². The van der Waals surface area contributed by atoms with Gasteiger partial charge in [-0.2, -0.15) is 0 Å². The van der Waals surface area contributed by atoms with Gasteiger partial charge in [0.2, 0.25) is 0 Å². The van der Waals surface area contributed by atoms with Gasteiger partial charge in [-0.05, 0) is 152 Å². The number of hydrogen-bond donors (Lipinski definition) is 0. The molecule has 10 nitrogen and oxygen atoms in total. The number of benzene rings is 9. The quantitative estimate of drug-likeness (QED) is 0.0210. The summed E-state index contributed by atoms with van der Waals surface area (Å²) in [5.74, 6) is 2.60. The first-order valence-corrected chi connectivity index (χ1v) is 42.2. The zero-order chi connectivity index (χ0) is 71.2. The van der Waals surface area contributed by atoms with E-state index in [0.717, 1.165) is 204 Å². The number of rotatable bonds is 54. The average Bonchev–Trinajstić information content (AvgIpc) is 0.655. The van der Waals surface area contributed by atoms with E-state index in [1.807, 2.05) is 0 Å². The normalized spacial score (nSPS) is 12.4. The van der Waals surface area contributed by atoms with Gasteiger partial charge in [0.15, 0.2) is 23.0 Å². The summed E-state index contributed by atoms with van der Waals surface area (Å²) in [6, 6.07) is 16.8. The van der Waals surface area contributed by atoms with Crippen LogP contribution in [0.3, 0.4) is 0 Å². The first-order valence-electron chi connectivity index (χ1n) is 42.2. The van der Waals surface area contributed by atoms with Crippen molar-refractivity contribution in [3.63, 3.8) is 0 Å². The fraction of sp³-hybridized carbons (Fsp3) is 0.609. The lowest BCUT2D eigenvalue weighted by atomic mass is 9.77. The van der Waals surface area contributed by atoms with Crippen molar-refractivity contribution < 1.29 is 18.9 Å². The highest BCUT2D eigenvalue weighted by Gasteiger charge is 2.32. The summed E-state index contributed by atoms with van der Waals surface area (Å²) in [4.78, 5) is 63.2. The van der Waals surface area contributed by atoms with E-state index in [-0.39, 0.29) is 22.2 Å². The number of pyridine rings is 2. The Kier molecular flexibility index (Phi) is 29.2. The monoisotopic (exact) mass is 1390 g/mol. The van der Waals surface area contributed by atoms with Crippen molar-refractivity contribution in [1.82, 2.24) is 9.13 Å². The summed E-state index contributed by atoms with van der Waals surface area (Å²) >= 11 is 0. The maximum atomic E-state index is 15.8. The molecule has 2 aromatic heterocycles. The molecule has 11 aromatic rings. The van der Waals surface area contributed by atoms with Gasteiger partial charge in [-0.25, -0.2) is 0 Å². The van der Waals surface area contributed by atoms with Crippen molar-refractivity contribution in [3.05, 3.63) is 89.9 Å². The van der Waals surface area contributed by atoms with Gasteiger partial charge < -0.3 is 18.9 Å². The molecule has 10 heteroatoms. The molecule has 0 radical (unpaired) electrons. The van der Waals surface area contributed by atoms with Crippen molar-refractivity contribution in [2.24, 2.45) is 0 Å². The Morgan fingerprint density at radius 2 is 0.382 bits per heavy atom. The van der Waals surface area contributed by atoms with Gasteiger partial charge in [-0.1, -0.05) is 286 Å². The maximum Gasteiger partial charge on any atom is 0.261 e. The van der Waals surface area contributed by atoms with Gasteiger partial charge in [0.05, 0.1) is 26.4 Å². The Morgan fingerprint density at radius 3 is 0.588 bits per heavy atom. The van der Waals surface area contributed by atoms with Crippen LogP contribution in [-0.2, 0) is 13.1 Å². The van der Waals surface area contributed by atoms with Crippen molar-refractivity contribution in [1.29, 1.82) is 0 Å². The van der Waals surface area contributed by atoms with Crippen LogP contribution in [0.4, 0.5) is 0 Å². The van der Waals surface area contributed by atoms with Gasteiger partial charge in [0.1, 0.15) is 0 Å². The highest BCUT2D eigenvalue weighted by Crippen LogP contribution is 2.56. The molecular formula is C92H126N2O8. The minimum atomic E-state index is -0.267. The summed E-state index contributed by atoms with van der Waals surface area (Å²) in [5, 5.41) is 15.8. The van der Waals surface area contributed by atoms with E-state index in [4.69, 9.17) is 18.9 Å². The molecule has 0 saturated carbocycles. The van der Waals surface area contributed by atoms with Gasteiger partial charge in [-0.3, -0.25) is 28.3 Å². The van der Waals surface area contributed by atoms with Crippen molar-refractivity contribution >= 4 is 108 Å². The standard InChI is InChI=1S/C92H126N2O8/c1-7-13-19-21-23-25-27-29-31-33-35-37-39-41-43-45-51-93-89(95)73-57-69-65-61-77(99-53-47-15-9-3)79(101-55-49-17-11-5)63-67(65)71-59-75-82-76(92(98)94(91(75)97)52-46-44-42-40-38-36-34-32-30-28-26-24-22-20-14-8-2)60-72-68-64-80(102-56-50-18-12-6)78(100-54-48-16-10-4)62-66(68)70-58-74(90(93)96)81(73)87-83(69)85(71)88(82)86(72)84(70)87/h57-64H,7-56H2,1-6H3. The third-order valence-electron chi connectivity index (χ3n) is 23.0. The molecule has 0 amide bonds. The van der Waals surface area contributed by atoms with Crippen LogP contribution in [0.15, 0.2) is 67.7 Å². The summed E-state index contributed by atoms with van der Waals surface area (Å²) in [7, 11) is 0. The molecular weight excluding hydrogens is 1260 g/mol. The molecule has 2 heterocycles. The summed E-state index contributed by atoms with van der Waals surface area (Å²) < 4.78 is 30.4. The van der Waals surface area contributed by atoms with Crippen molar-refractivity contribution in [3.8, 4) is 23.0 Å². The molecule has 0 atom stereocenters. The van der Waals surface area contributed by atoms with Crippen LogP contribution in [0, 0.1) is 0 Å². The Bertz CT molecular complexity index is 4100. The van der Waals surface area contributed by atoms with Crippen molar-refractivity contribution in [2.45, 2.75) is 337 Å². The number of ether oxygens (including phenoxy) is 4. The molecule has 0 spiro atoms. The zero-order valence-corrected chi connectivity index (χ0v) is 64.1. The molecule has 0 fully saturated rings. The topological polar surface area (TPSA) is 115 Å². The molecule has 0 N–H and O–H groups in total. The molecule has 0 aliphatic rings. The number of hydrogen-bond acceptors (Lipinski definition) is 8. The molecule has 552 valence electrons. The smallest absolute Gasteiger partial charge is 0.261 e. The molecule has 9 aromatic carbocycles. The minimum absolute atomic E-state index is 0.267. The van der Waals surface area contributed by atoms with Crippen LogP contribution in [0.5, 0.6) is 23.0 Å². The van der Waals surface area contributed by atoms with Crippen molar-refractivity contribution in [2.75, 3.05) is 26.4 Å². The molecule has 0 bridgehead atoms. The summed E-state index contributed by atoms with van der Waals surface area (Å²) in [5.41, 5.74) is -1.07. The highest BCUT2D eigenvalue weighted by atomic mass is 16.5. The molecule has 0 aliphatic carbocycles. The lowest BCUT2D eigenvalue weighted by Crippen LogP contribution is -2.33. The third kappa shape index (κ3) is 17.5. The van der Waals surface area contributed by atoms with E-state index < -0.39 is 0 Å². The van der Waals surface area contributed by atoms with E-state index in [1.54, 1.807) is 9.13 Å². The Hall–Kier alpha value is -6.68. The van der Waals surface area contributed by atoms with Gasteiger partial charge >= 0.3 is 0 Å². The summed E-state index contributed by atoms with van der Waals surface area (Å²) in [6.45, 7) is 16.1. The Labute approximate surface area is 609 Å². The minimum Gasteiger partial charge on any atom is -0.490 e. The van der Waals surface area contributed by atoms with E-state index >= 15 is 19.2 Å². The van der Waals surface area contributed by atoms with Crippen LogP contribution in [0.2, 0.25) is 0 Å². The number of nitrogens with zero attached hydrogens (tertiary/aromatic N) is 2. The first kappa shape index (κ1) is 76.4. The fourth-order valence-electron chi connectivity index (χ4n) is 17.2.